The number of aromatic nitrogens is 1. The van der Waals surface area contributed by atoms with Crippen molar-refractivity contribution in [2.24, 2.45) is 0 Å². The number of pyridine rings is 1. The minimum Gasteiger partial charge on any atom is -0.380 e. The molecule has 0 aromatic carbocycles. The van der Waals surface area contributed by atoms with Crippen molar-refractivity contribution >= 4 is 17.3 Å². The average molecular weight is 241 g/mol. The van der Waals surface area contributed by atoms with Gasteiger partial charge in [0.15, 0.2) is 5.15 Å². The maximum atomic E-state index is 6.03. The van der Waals surface area contributed by atoms with E-state index in [1.54, 1.807) is 6.20 Å². The molecule has 0 radical (unpaired) electrons. The SMILES string of the molecule is Cc1ccnc(Cl)c1NCC1CCC(C)O1. The van der Waals surface area contributed by atoms with Gasteiger partial charge in [0, 0.05) is 12.7 Å². The second-order valence-corrected chi connectivity index (χ2v) is 4.68. The van der Waals surface area contributed by atoms with E-state index in [0.29, 0.717) is 17.4 Å². The monoisotopic (exact) mass is 240 g/mol. The van der Waals surface area contributed by atoms with Crippen LogP contribution in [0.1, 0.15) is 25.3 Å². The third-order valence-corrected chi connectivity index (χ3v) is 3.23. The minimum atomic E-state index is 0.297. The lowest BCUT2D eigenvalue weighted by Crippen LogP contribution is -2.20. The van der Waals surface area contributed by atoms with Crippen molar-refractivity contribution in [1.29, 1.82) is 0 Å². The molecule has 1 aliphatic rings. The van der Waals surface area contributed by atoms with Gasteiger partial charge in [-0.1, -0.05) is 11.6 Å². The molecule has 16 heavy (non-hydrogen) atoms. The topological polar surface area (TPSA) is 34.2 Å². The van der Waals surface area contributed by atoms with E-state index < -0.39 is 0 Å². The first-order valence-corrected chi connectivity index (χ1v) is 6.05. The Bertz CT molecular complexity index is 350. The Hall–Kier alpha value is -0.800. The lowest BCUT2D eigenvalue weighted by Gasteiger charge is -2.15. The van der Waals surface area contributed by atoms with Gasteiger partial charge in [0.05, 0.1) is 17.9 Å². The smallest absolute Gasteiger partial charge is 0.152 e. The summed E-state index contributed by atoms with van der Waals surface area (Å²) >= 11 is 6.03. The third-order valence-electron chi connectivity index (χ3n) is 2.94. The summed E-state index contributed by atoms with van der Waals surface area (Å²) in [7, 11) is 0. The summed E-state index contributed by atoms with van der Waals surface area (Å²) in [5.74, 6) is 0. The van der Waals surface area contributed by atoms with Gasteiger partial charge in [0.25, 0.3) is 0 Å². The summed E-state index contributed by atoms with van der Waals surface area (Å²) in [6.07, 6.45) is 4.66. The number of halogens is 1. The summed E-state index contributed by atoms with van der Waals surface area (Å²) in [5.41, 5.74) is 2.04. The number of rotatable bonds is 3. The molecule has 2 atom stereocenters. The molecule has 0 bridgehead atoms. The second-order valence-electron chi connectivity index (χ2n) is 4.32. The molecule has 0 aliphatic carbocycles. The first-order chi connectivity index (χ1) is 7.66. The minimum absolute atomic E-state index is 0.297. The van der Waals surface area contributed by atoms with Crippen LogP contribution in [0.25, 0.3) is 0 Å². The fraction of sp³-hybridized carbons (Fsp3) is 0.583. The Labute approximate surface area is 101 Å². The molecule has 88 valence electrons. The van der Waals surface area contributed by atoms with Crippen molar-refractivity contribution < 1.29 is 4.74 Å². The number of hydrogen-bond donors (Lipinski definition) is 1. The van der Waals surface area contributed by atoms with Gasteiger partial charge in [0.2, 0.25) is 0 Å². The van der Waals surface area contributed by atoms with E-state index in [2.05, 4.69) is 17.2 Å². The van der Waals surface area contributed by atoms with Gasteiger partial charge < -0.3 is 10.1 Å². The van der Waals surface area contributed by atoms with E-state index >= 15 is 0 Å². The molecule has 3 nitrogen and oxygen atoms in total. The molecule has 1 aromatic rings. The molecular formula is C12H17ClN2O. The molecule has 0 spiro atoms. The van der Waals surface area contributed by atoms with E-state index in [1.807, 2.05) is 13.0 Å². The molecule has 1 aliphatic heterocycles. The molecule has 1 N–H and O–H groups in total. The molecular weight excluding hydrogens is 224 g/mol. The average Bonchev–Trinajstić information content (AvgIpc) is 2.63. The van der Waals surface area contributed by atoms with Gasteiger partial charge in [-0.15, -0.1) is 0 Å². The van der Waals surface area contributed by atoms with Crippen LogP contribution < -0.4 is 5.32 Å². The Morgan fingerprint density at radius 3 is 3.00 bits per heavy atom. The molecule has 1 saturated heterocycles. The fourth-order valence-corrected chi connectivity index (χ4v) is 2.26. The highest BCUT2D eigenvalue weighted by atomic mass is 35.5. The van der Waals surface area contributed by atoms with E-state index in [-0.39, 0.29) is 0 Å². The summed E-state index contributed by atoms with van der Waals surface area (Å²) in [4.78, 5) is 4.06. The fourth-order valence-electron chi connectivity index (χ4n) is 1.99. The highest BCUT2D eigenvalue weighted by Gasteiger charge is 2.21. The Kier molecular flexibility index (Phi) is 3.66. The molecule has 0 saturated carbocycles. The highest BCUT2D eigenvalue weighted by molar-refractivity contribution is 6.32. The first kappa shape index (κ1) is 11.7. The second kappa shape index (κ2) is 5.02. The van der Waals surface area contributed by atoms with Crippen molar-refractivity contribution in [2.45, 2.75) is 38.9 Å². The van der Waals surface area contributed by atoms with Gasteiger partial charge in [0.1, 0.15) is 0 Å². The number of hydrogen-bond acceptors (Lipinski definition) is 3. The van der Waals surface area contributed by atoms with Crippen molar-refractivity contribution in [1.82, 2.24) is 4.98 Å². The third kappa shape index (κ3) is 2.66. The van der Waals surface area contributed by atoms with E-state index in [4.69, 9.17) is 16.3 Å². The lowest BCUT2D eigenvalue weighted by atomic mass is 10.2. The summed E-state index contributed by atoms with van der Waals surface area (Å²) in [6, 6.07) is 1.95. The van der Waals surface area contributed by atoms with E-state index in [0.717, 1.165) is 30.6 Å². The number of nitrogens with zero attached hydrogens (tertiary/aromatic N) is 1. The Morgan fingerprint density at radius 1 is 1.56 bits per heavy atom. The quantitative estimate of drug-likeness (QED) is 0.825. The molecule has 2 unspecified atom stereocenters. The maximum Gasteiger partial charge on any atom is 0.152 e. The van der Waals surface area contributed by atoms with Crippen LogP contribution in [-0.2, 0) is 4.74 Å². The zero-order valence-corrected chi connectivity index (χ0v) is 10.4. The molecule has 1 fully saturated rings. The maximum absolute atomic E-state index is 6.03. The van der Waals surface area contributed by atoms with Gasteiger partial charge in [-0.05, 0) is 38.3 Å². The van der Waals surface area contributed by atoms with Crippen LogP contribution in [0.3, 0.4) is 0 Å². The molecule has 2 rings (SSSR count). The van der Waals surface area contributed by atoms with Crippen LogP contribution in [0.4, 0.5) is 5.69 Å². The summed E-state index contributed by atoms with van der Waals surface area (Å²) in [5, 5.41) is 3.86. The lowest BCUT2D eigenvalue weighted by molar-refractivity contribution is 0.0637. The van der Waals surface area contributed by atoms with Crippen LogP contribution in [-0.4, -0.2) is 23.7 Å². The largest absolute Gasteiger partial charge is 0.380 e. The highest BCUT2D eigenvalue weighted by Crippen LogP contribution is 2.24. The standard InChI is InChI=1S/C12H17ClN2O/c1-8-5-6-14-12(13)11(8)15-7-10-4-3-9(2)16-10/h5-6,9-10,15H,3-4,7H2,1-2H3. The van der Waals surface area contributed by atoms with Crippen LogP contribution in [0.15, 0.2) is 12.3 Å². The normalized spacial score (nSPS) is 24.7. The Morgan fingerprint density at radius 2 is 2.38 bits per heavy atom. The van der Waals surface area contributed by atoms with Crippen LogP contribution >= 0.6 is 11.6 Å². The van der Waals surface area contributed by atoms with Crippen LogP contribution in [0.2, 0.25) is 5.15 Å². The first-order valence-electron chi connectivity index (χ1n) is 5.67. The number of aryl methyl sites for hydroxylation is 1. The number of nitrogens with one attached hydrogen (secondary N) is 1. The van der Waals surface area contributed by atoms with Crippen molar-refractivity contribution in [3.05, 3.63) is 23.0 Å². The summed E-state index contributed by atoms with van der Waals surface area (Å²) in [6.45, 7) is 4.94. The van der Waals surface area contributed by atoms with Crippen LogP contribution in [0, 0.1) is 6.92 Å². The number of anilines is 1. The summed E-state index contributed by atoms with van der Waals surface area (Å²) < 4.78 is 5.74. The van der Waals surface area contributed by atoms with Crippen molar-refractivity contribution in [3.63, 3.8) is 0 Å². The predicted octanol–water partition coefficient (Wildman–Crippen LogP) is 3.02. The van der Waals surface area contributed by atoms with Gasteiger partial charge in [-0.2, -0.15) is 0 Å². The van der Waals surface area contributed by atoms with Gasteiger partial charge in [-0.3, -0.25) is 0 Å². The molecule has 0 amide bonds. The van der Waals surface area contributed by atoms with Crippen molar-refractivity contribution in [3.8, 4) is 0 Å². The predicted molar refractivity (Wildman–Crippen MR) is 66.0 cm³/mol. The van der Waals surface area contributed by atoms with Crippen molar-refractivity contribution in [2.75, 3.05) is 11.9 Å². The molecule has 2 heterocycles. The van der Waals surface area contributed by atoms with Gasteiger partial charge in [-0.25, -0.2) is 4.98 Å². The van der Waals surface area contributed by atoms with Crippen LogP contribution in [0.5, 0.6) is 0 Å². The zero-order chi connectivity index (χ0) is 11.5. The molecule has 4 heteroatoms. The number of ether oxygens (including phenoxy) is 1. The van der Waals surface area contributed by atoms with Gasteiger partial charge >= 0.3 is 0 Å². The molecule has 1 aromatic heterocycles. The van der Waals surface area contributed by atoms with E-state index in [9.17, 15) is 0 Å². The van der Waals surface area contributed by atoms with E-state index in [1.165, 1.54) is 0 Å². The Balaban J connectivity index is 1.94. The zero-order valence-electron chi connectivity index (χ0n) is 9.66.